The number of nitrogens with one attached hydrogen (secondary N) is 2. The van der Waals surface area contributed by atoms with Gasteiger partial charge in [-0.15, -0.1) is 12.4 Å². The van der Waals surface area contributed by atoms with Crippen molar-refractivity contribution in [1.82, 2.24) is 0 Å². The highest BCUT2D eigenvalue weighted by Gasteiger charge is 2.22. The second-order valence-corrected chi connectivity index (χ2v) is 7.63. The number of carbonyl (C=O) groups excluding carboxylic acids is 1. The van der Waals surface area contributed by atoms with E-state index >= 15 is 0 Å². The summed E-state index contributed by atoms with van der Waals surface area (Å²) >= 11 is 4.28. The van der Waals surface area contributed by atoms with Crippen LogP contribution in [0, 0.1) is 12.5 Å². The number of anilines is 1. The number of ether oxygens (including phenoxy) is 2. The maximum atomic E-state index is 12.5. The number of hydrogen-bond acceptors (Lipinski definition) is 6. The van der Waals surface area contributed by atoms with Crippen LogP contribution in [0.15, 0.2) is 42.5 Å². The topological polar surface area (TPSA) is 118 Å². The first kappa shape index (κ1) is 23.9. The van der Waals surface area contributed by atoms with Gasteiger partial charge in [-0.25, -0.2) is 4.79 Å². The molecule has 2 aromatic carbocycles. The monoisotopic (exact) mass is 617 g/mol. The molecule has 146 valence electrons. The molecule has 0 spiro atoms. The summed E-state index contributed by atoms with van der Waals surface area (Å²) < 4.78 is 12.6. The highest BCUT2D eigenvalue weighted by Crippen LogP contribution is 2.21. The van der Waals surface area contributed by atoms with Gasteiger partial charge in [0.15, 0.2) is 0 Å². The molecule has 0 saturated heterocycles. The Hall–Kier alpha value is -1.15. The van der Waals surface area contributed by atoms with E-state index in [-0.39, 0.29) is 31.5 Å². The van der Waals surface area contributed by atoms with E-state index in [2.05, 4.69) is 50.5 Å². The molecular formula is C17H18ClI2N3O4. The van der Waals surface area contributed by atoms with Gasteiger partial charge < -0.3 is 25.6 Å². The third-order valence-electron chi connectivity index (χ3n) is 3.14. The van der Waals surface area contributed by atoms with E-state index in [9.17, 15) is 4.79 Å². The van der Waals surface area contributed by atoms with Gasteiger partial charge in [0.05, 0.1) is 13.2 Å². The van der Waals surface area contributed by atoms with Crippen LogP contribution < -0.4 is 15.8 Å². The van der Waals surface area contributed by atoms with Gasteiger partial charge in [0, 0.05) is 18.4 Å². The molecule has 10 heteroatoms. The van der Waals surface area contributed by atoms with E-state index in [1.165, 1.54) is 0 Å². The SMILES string of the molecule is Cl.N=C(N)c1ccc(NC(OCCO)C(=O)Oc2cc(I)cc(I)c2)cc1. The number of aliphatic hydroxyl groups is 1. The zero-order valence-electron chi connectivity index (χ0n) is 13.9. The summed E-state index contributed by atoms with van der Waals surface area (Å²) in [5, 5.41) is 19.3. The normalized spacial score (nSPS) is 11.2. The van der Waals surface area contributed by atoms with E-state index in [4.69, 9.17) is 25.7 Å². The molecule has 27 heavy (non-hydrogen) atoms. The number of benzene rings is 2. The Balaban J connectivity index is 0.00000364. The fraction of sp³-hybridized carbons (Fsp3) is 0.176. The lowest BCUT2D eigenvalue weighted by atomic mass is 10.2. The Kier molecular flexibility index (Phi) is 10.3. The van der Waals surface area contributed by atoms with Gasteiger partial charge in [-0.3, -0.25) is 5.41 Å². The van der Waals surface area contributed by atoms with Crippen LogP contribution >= 0.6 is 57.6 Å². The van der Waals surface area contributed by atoms with E-state index in [1.807, 2.05) is 6.07 Å². The Bertz CT molecular complexity index is 770. The van der Waals surface area contributed by atoms with Crippen molar-refractivity contribution in [2.75, 3.05) is 18.5 Å². The van der Waals surface area contributed by atoms with Crippen molar-refractivity contribution in [3.05, 3.63) is 55.2 Å². The number of esters is 1. The van der Waals surface area contributed by atoms with Crippen molar-refractivity contribution in [3.63, 3.8) is 0 Å². The molecule has 0 heterocycles. The van der Waals surface area contributed by atoms with Gasteiger partial charge in [-0.2, -0.15) is 0 Å². The fourth-order valence-electron chi connectivity index (χ4n) is 1.99. The number of nitrogen functional groups attached to an aromatic ring is 1. The summed E-state index contributed by atoms with van der Waals surface area (Å²) in [5.41, 5.74) is 6.58. The molecule has 2 aromatic rings. The van der Waals surface area contributed by atoms with Gasteiger partial charge in [0.25, 0.3) is 0 Å². The summed E-state index contributed by atoms with van der Waals surface area (Å²) in [7, 11) is 0. The maximum absolute atomic E-state index is 12.5. The minimum absolute atomic E-state index is 0. The second-order valence-electron chi connectivity index (χ2n) is 5.14. The molecule has 2 rings (SSSR count). The van der Waals surface area contributed by atoms with Crippen molar-refractivity contribution in [2.45, 2.75) is 6.23 Å². The standard InChI is InChI=1S/C17H17I2N3O4.ClH/c18-11-7-12(19)9-14(8-11)26-17(24)16(25-6-5-23)22-13-3-1-10(2-4-13)15(20)21;/h1-4,7-9,16,22-23H,5-6H2,(H3,20,21);1H. The first-order valence-corrected chi connectivity index (χ1v) is 9.66. The second kappa shape index (κ2) is 11.6. The van der Waals surface area contributed by atoms with E-state index in [0.717, 1.165) is 7.14 Å². The van der Waals surface area contributed by atoms with Gasteiger partial charge in [-0.05, 0) is 87.6 Å². The zero-order valence-corrected chi connectivity index (χ0v) is 19.1. The Morgan fingerprint density at radius 1 is 1.19 bits per heavy atom. The number of halogens is 3. The molecule has 0 aliphatic heterocycles. The van der Waals surface area contributed by atoms with Crippen LogP contribution in [0.2, 0.25) is 0 Å². The van der Waals surface area contributed by atoms with Crippen molar-refractivity contribution in [1.29, 1.82) is 5.41 Å². The number of aliphatic hydroxyl groups excluding tert-OH is 1. The quantitative estimate of drug-likeness (QED) is 0.0905. The largest absolute Gasteiger partial charge is 0.423 e. The molecule has 0 bridgehead atoms. The summed E-state index contributed by atoms with van der Waals surface area (Å²) in [6.45, 7) is -0.252. The van der Waals surface area contributed by atoms with E-state index in [0.29, 0.717) is 17.0 Å². The molecule has 0 saturated carbocycles. The Morgan fingerprint density at radius 3 is 2.30 bits per heavy atom. The van der Waals surface area contributed by atoms with E-state index in [1.54, 1.807) is 36.4 Å². The van der Waals surface area contributed by atoms with Crippen molar-refractivity contribution >= 4 is 75.1 Å². The molecule has 1 unspecified atom stereocenters. The predicted octanol–water partition coefficient (Wildman–Crippen LogP) is 2.95. The smallest absolute Gasteiger partial charge is 0.361 e. The zero-order chi connectivity index (χ0) is 19.1. The van der Waals surface area contributed by atoms with Crippen molar-refractivity contribution in [3.8, 4) is 5.75 Å². The molecule has 0 aliphatic carbocycles. The molecule has 5 N–H and O–H groups in total. The lowest BCUT2D eigenvalue weighted by Gasteiger charge is -2.19. The number of carbonyl (C=O) groups is 1. The number of hydrogen-bond donors (Lipinski definition) is 4. The van der Waals surface area contributed by atoms with Crippen LogP contribution in [0.1, 0.15) is 5.56 Å². The Morgan fingerprint density at radius 2 is 1.78 bits per heavy atom. The first-order valence-electron chi connectivity index (χ1n) is 7.50. The molecule has 0 fully saturated rings. The van der Waals surface area contributed by atoms with Crippen LogP contribution in [0.25, 0.3) is 0 Å². The minimum atomic E-state index is -1.10. The summed E-state index contributed by atoms with van der Waals surface area (Å²) in [4.78, 5) is 12.5. The summed E-state index contributed by atoms with van der Waals surface area (Å²) in [5.74, 6) is -0.262. The van der Waals surface area contributed by atoms with Gasteiger partial charge in [0.1, 0.15) is 11.6 Å². The van der Waals surface area contributed by atoms with E-state index < -0.39 is 12.2 Å². The van der Waals surface area contributed by atoms with Crippen LogP contribution in [0.4, 0.5) is 5.69 Å². The molecule has 1 atom stereocenters. The first-order chi connectivity index (χ1) is 12.4. The number of rotatable bonds is 8. The van der Waals surface area contributed by atoms with Crippen molar-refractivity contribution in [2.24, 2.45) is 5.73 Å². The maximum Gasteiger partial charge on any atom is 0.361 e. The van der Waals surface area contributed by atoms with Crippen molar-refractivity contribution < 1.29 is 19.4 Å². The van der Waals surface area contributed by atoms with Crippen LogP contribution in [0.3, 0.4) is 0 Å². The summed E-state index contributed by atoms with van der Waals surface area (Å²) in [6, 6.07) is 12.1. The minimum Gasteiger partial charge on any atom is -0.423 e. The highest BCUT2D eigenvalue weighted by atomic mass is 127. The van der Waals surface area contributed by atoms with Gasteiger partial charge in [0.2, 0.25) is 6.23 Å². The molecule has 0 aliphatic rings. The van der Waals surface area contributed by atoms with Crippen LogP contribution in [0.5, 0.6) is 5.75 Å². The van der Waals surface area contributed by atoms with Gasteiger partial charge >= 0.3 is 5.97 Å². The average Bonchev–Trinajstić information content (AvgIpc) is 2.58. The van der Waals surface area contributed by atoms with Crippen LogP contribution in [-0.4, -0.2) is 36.4 Å². The molecule has 0 radical (unpaired) electrons. The molecule has 0 amide bonds. The lowest BCUT2D eigenvalue weighted by molar-refractivity contribution is -0.146. The third kappa shape index (κ3) is 7.78. The third-order valence-corrected chi connectivity index (χ3v) is 4.38. The average molecular weight is 618 g/mol. The summed E-state index contributed by atoms with van der Waals surface area (Å²) in [6.07, 6.45) is -1.10. The molecular weight excluding hydrogens is 599 g/mol. The predicted molar refractivity (Wildman–Crippen MR) is 123 cm³/mol. The Labute approximate surface area is 190 Å². The number of amidine groups is 1. The fourth-order valence-corrected chi connectivity index (χ4v) is 3.87. The van der Waals surface area contributed by atoms with Crippen LogP contribution in [-0.2, 0) is 9.53 Å². The molecule has 0 aromatic heterocycles. The highest BCUT2D eigenvalue weighted by molar-refractivity contribution is 14.1. The molecule has 7 nitrogen and oxygen atoms in total. The number of nitrogens with two attached hydrogens (primary N) is 1. The lowest BCUT2D eigenvalue weighted by Crippen LogP contribution is -2.36. The van der Waals surface area contributed by atoms with Gasteiger partial charge in [-0.1, -0.05) is 0 Å².